The number of alkyl halides is 2. The standard InChI is InChI=1S/C28H28F2N2O4/c1-18(31-16-25(34)22-11-13-24(33)27-23(22)12-14-26(35)32-27)15-19-7-9-20(10-8-19)28(29,30)17-36-21-5-3-2-4-6-21/h2-14,18,25,31,33-34H,15-17H2,1H3,(H,32,35)/t18?,25-/m0/s1. The Morgan fingerprint density at radius 1 is 1.00 bits per heavy atom. The zero-order valence-electron chi connectivity index (χ0n) is 19.7. The lowest BCUT2D eigenvalue weighted by Gasteiger charge is -2.20. The molecule has 0 radical (unpaired) electrons. The van der Waals surface area contributed by atoms with Crippen LogP contribution in [-0.2, 0) is 12.3 Å². The van der Waals surface area contributed by atoms with Crippen LogP contribution in [0, 0.1) is 0 Å². The number of ether oxygens (including phenoxy) is 1. The SMILES string of the molecule is CC(Cc1ccc(C(F)(F)COc2ccccc2)cc1)NC[C@H](O)c1ccc(O)c2[nH]c(=O)ccc12. The highest BCUT2D eigenvalue weighted by molar-refractivity contribution is 5.87. The predicted octanol–water partition coefficient (Wildman–Crippen LogP) is 4.66. The molecule has 3 aromatic carbocycles. The van der Waals surface area contributed by atoms with Gasteiger partial charge in [-0.25, -0.2) is 0 Å². The van der Waals surface area contributed by atoms with Gasteiger partial charge in [0.15, 0.2) is 6.61 Å². The van der Waals surface area contributed by atoms with Crippen LogP contribution in [0.3, 0.4) is 0 Å². The zero-order chi connectivity index (χ0) is 25.7. The Kier molecular flexibility index (Phi) is 7.67. The van der Waals surface area contributed by atoms with Crippen molar-refractivity contribution in [3.05, 3.63) is 106 Å². The van der Waals surface area contributed by atoms with Gasteiger partial charge >= 0.3 is 5.92 Å². The summed E-state index contributed by atoms with van der Waals surface area (Å²) in [6.45, 7) is 1.43. The number of H-pyrrole nitrogens is 1. The molecule has 0 aliphatic heterocycles. The number of pyridine rings is 1. The van der Waals surface area contributed by atoms with Crippen molar-refractivity contribution in [3.63, 3.8) is 0 Å². The molecule has 4 rings (SSSR count). The van der Waals surface area contributed by atoms with Gasteiger partial charge in [-0.3, -0.25) is 4.79 Å². The Labute approximate surface area is 207 Å². The van der Waals surface area contributed by atoms with Crippen molar-refractivity contribution in [1.29, 1.82) is 0 Å². The molecule has 4 N–H and O–H groups in total. The van der Waals surface area contributed by atoms with Gasteiger partial charge in [0.25, 0.3) is 0 Å². The maximum atomic E-state index is 14.6. The largest absolute Gasteiger partial charge is 0.506 e. The first-order chi connectivity index (χ1) is 17.2. The molecule has 4 aromatic rings. The van der Waals surface area contributed by atoms with Crippen LogP contribution in [0.15, 0.2) is 83.7 Å². The average Bonchev–Trinajstić information content (AvgIpc) is 2.87. The first-order valence-corrected chi connectivity index (χ1v) is 11.6. The van der Waals surface area contributed by atoms with E-state index in [4.69, 9.17) is 4.74 Å². The number of hydrogen-bond donors (Lipinski definition) is 4. The quantitative estimate of drug-likeness (QED) is 0.257. The molecule has 1 unspecified atom stereocenters. The monoisotopic (exact) mass is 494 g/mol. The molecule has 0 aliphatic carbocycles. The van der Waals surface area contributed by atoms with E-state index < -0.39 is 18.6 Å². The normalized spacial score (nSPS) is 13.4. The minimum absolute atomic E-state index is 0.0457. The molecule has 0 saturated heterocycles. The molecule has 188 valence electrons. The third-order valence-corrected chi connectivity index (χ3v) is 6.01. The number of aromatic amines is 1. The molecular formula is C28H28F2N2O4. The number of phenols is 1. The van der Waals surface area contributed by atoms with Crippen molar-refractivity contribution in [2.75, 3.05) is 13.2 Å². The van der Waals surface area contributed by atoms with Gasteiger partial charge < -0.3 is 25.3 Å². The first kappa shape index (κ1) is 25.3. The number of fused-ring (bicyclic) bond motifs is 1. The fourth-order valence-corrected chi connectivity index (χ4v) is 4.06. The van der Waals surface area contributed by atoms with E-state index in [0.29, 0.717) is 23.1 Å². The Morgan fingerprint density at radius 3 is 2.44 bits per heavy atom. The van der Waals surface area contributed by atoms with E-state index in [1.54, 1.807) is 54.6 Å². The summed E-state index contributed by atoms with van der Waals surface area (Å²) >= 11 is 0. The summed E-state index contributed by atoms with van der Waals surface area (Å²) in [4.78, 5) is 14.2. The number of phenolic OH excluding ortho intramolecular Hbond substituents is 1. The Morgan fingerprint density at radius 2 is 1.72 bits per heavy atom. The molecule has 0 fully saturated rings. The second-order valence-corrected chi connectivity index (χ2v) is 8.82. The van der Waals surface area contributed by atoms with E-state index >= 15 is 0 Å². The summed E-state index contributed by atoms with van der Waals surface area (Å²) in [6.07, 6.45) is -0.310. The van der Waals surface area contributed by atoms with Gasteiger partial charge in [-0.2, -0.15) is 8.78 Å². The lowest BCUT2D eigenvalue weighted by atomic mass is 10.0. The number of benzene rings is 3. The summed E-state index contributed by atoms with van der Waals surface area (Å²) in [6, 6.07) is 20.6. The smallest absolute Gasteiger partial charge is 0.306 e. The van der Waals surface area contributed by atoms with Crippen molar-refractivity contribution in [2.24, 2.45) is 0 Å². The minimum Gasteiger partial charge on any atom is -0.506 e. The Balaban J connectivity index is 1.33. The molecule has 8 heteroatoms. The van der Waals surface area contributed by atoms with E-state index in [1.807, 2.05) is 6.92 Å². The summed E-state index contributed by atoms with van der Waals surface area (Å²) in [7, 11) is 0. The van der Waals surface area contributed by atoms with Crippen LogP contribution in [0.5, 0.6) is 11.5 Å². The minimum atomic E-state index is -3.13. The highest BCUT2D eigenvalue weighted by Gasteiger charge is 2.32. The number of hydrogen-bond acceptors (Lipinski definition) is 5. The predicted molar refractivity (Wildman–Crippen MR) is 135 cm³/mol. The lowest BCUT2D eigenvalue weighted by Crippen LogP contribution is -2.32. The van der Waals surface area contributed by atoms with E-state index in [1.165, 1.54) is 24.3 Å². The highest BCUT2D eigenvalue weighted by atomic mass is 19.3. The average molecular weight is 495 g/mol. The number of aliphatic hydroxyl groups is 1. The number of aliphatic hydroxyl groups excluding tert-OH is 1. The molecule has 0 saturated carbocycles. The van der Waals surface area contributed by atoms with Crippen LogP contribution in [0.4, 0.5) is 8.78 Å². The lowest BCUT2D eigenvalue weighted by molar-refractivity contribution is -0.0467. The van der Waals surface area contributed by atoms with Gasteiger partial charge in [0.05, 0.1) is 11.6 Å². The summed E-state index contributed by atoms with van der Waals surface area (Å²) in [5, 5.41) is 24.5. The molecule has 1 aromatic heterocycles. The van der Waals surface area contributed by atoms with Crippen LogP contribution in [0.25, 0.3) is 10.9 Å². The number of rotatable bonds is 10. The summed E-state index contributed by atoms with van der Waals surface area (Å²) < 4.78 is 34.4. The van der Waals surface area contributed by atoms with Crippen LogP contribution in [0.2, 0.25) is 0 Å². The second-order valence-electron chi connectivity index (χ2n) is 8.82. The van der Waals surface area contributed by atoms with E-state index in [2.05, 4.69) is 10.3 Å². The van der Waals surface area contributed by atoms with E-state index in [0.717, 1.165) is 5.56 Å². The fourth-order valence-electron chi connectivity index (χ4n) is 4.06. The molecule has 36 heavy (non-hydrogen) atoms. The van der Waals surface area contributed by atoms with Crippen LogP contribution < -0.4 is 15.6 Å². The number of aromatic hydroxyl groups is 1. The Hall–Kier alpha value is -3.75. The van der Waals surface area contributed by atoms with Crippen molar-refractivity contribution < 1.29 is 23.7 Å². The molecule has 0 spiro atoms. The van der Waals surface area contributed by atoms with Gasteiger partial charge in [-0.05, 0) is 48.7 Å². The number of aromatic nitrogens is 1. The van der Waals surface area contributed by atoms with Crippen molar-refractivity contribution in [1.82, 2.24) is 10.3 Å². The molecule has 0 amide bonds. The molecule has 6 nitrogen and oxygen atoms in total. The Bertz CT molecular complexity index is 1360. The van der Waals surface area contributed by atoms with Crippen molar-refractivity contribution in [3.8, 4) is 11.5 Å². The third-order valence-electron chi connectivity index (χ3n) is 6.01. The van der Waals surface area contributed by atoms with Crippen LogP contribution in [0.1, 0.15) is 29.7 Å². The third kappa shape index (κ3) is 6.08. The first-order valence-electron chi connectivity index (χ1n) is 11.6. The molecule has 0 bridgehead atoms. The number of nitrogens with one attached hydrogen (secondary N) is 2. The van der Waals surface area contributed by atoms with Gasteiger partial charge in [-0.15, -0.1) is 0 Å². The second kappa shape index (κ2) is 10.9. The number of halogens is 2. The van der Waals surface area contributed by atoms with Crippen LogP contribution in [-0.4, -0.2) is 34.4 Å². The molecule has 0 aliphatic rings. The molecule has 1 heterocycles. The van der Waals surface area contributed by atoms with Gasteiger partial charge in [-0.1, -0.05) is 48.5 Å². The maximum absolute atomic E-state index is 14.6. The van der Waals surface area contributed by atoms with Gasteiger partial charge in [0.1, 0.15) is 11.5 Å². The van der Waals surface area contributed by atoms with E-state index in [9.17, 15) is 23.8 Å². The molecule has 2 atom stereocenters. The summed E-state index contributed by atoms with van der Waals surface area (Å²) in [5.41, 5.74) is 1.26. The van der Waals surface area contributed by atoms with Gasteiger partial charge in [0.2, 0.25) is 5.56 Å². The van der Waals surface area contributed by atoms with E-state index in [-0.39, 0.29) is 35.0 Å². The van der Waals surface area contributed by atoms with Crippen molar-refractivity contribution >= 4 is 10.9 Å². The fraction of sp³-hybridized carbons (Fsp3) is 0.250. The molecular weight excluding hydrogens is 466 g/mol. The maximum Gasteiger partial charge on any atom is 0.306 e. The number of para-hydroxylation sites is 1. The zero-order valence-corrected chi connectivity index (χ0v) is 19.7. The van der Waals surface area contributed by atoms with Gasteiger partial charge in [0, 0.05) is 29.6 Å². The summed E-state index contributed by atoms with van der Waals surface area (Å²) in [5.74, 6) is -2.80. The van der Waals surface area contributed by atoms with Crippen molar-refractivity contribution in [2.45, 2.75) is 31.4 Å². The highest BCUT2D eigenvalue weighted by Crippen LogP contribution is 2.30. The van der Waals surface area contributed by atoms with Crippen LogP contribution >= 0.6 is 0 Å². The topological polar surface area (TPSA) is 94.6 Å².